The van der Waals surface area contributed by atoms with E-state index in [9.17, 15) is 4.79 Å². The van der Waals surface area contributed by atoms with Crippen molar-refractivity contribution in [2.75, 3.05) is 0 Å². The molecule has 0 amide bonds. The smallest absolute Gasteiger partial charge is 0.328 e. The zero-order valence-corrected chi connectivity index (χ0v) is 18.3. The fourth-order valence-corrected chi connectivity index (χ4v) is 4.17. The van der Waals surface area contributed by atoms with Crippen LogP contribution in [-0.4, -0.2) is 21.3 Å². The summed E-state index contributed by atoms with van der Waals surface area (Å²) in [6.07, 6.45) is 6.47. The van der Waals surface area contributed by atoms with Gasteiger partial charge >= 0.3 is 5.97 Å². The Labute approximate surface area is 187 Å². The van der Waals surface area contributed by atoms with Crippen molar-refractivity contribution in [3.63, 3.8) is 0 Å². The minimum absolute atomic E-state index is 0.854. The number of hydrogen-bond acceptors (Lipinski definition) is 2. The van der Waals surface area contributed by atoms with Crippen LogP contribution in [0.5, 0.6) is 0 Å². The van der Waals surface area contributed by atoms with Gasteiger partial charge in [0.2, 0.25) is 0 Å². The van der Waals surface area contributed by atoms with E-state index in [1.165, 1.54) is 22.3 Å². The Morgan fingerprint density at radius 2 is 1.75 bits per heavy atom. The Morgan fingerprint density at radius 3 is 2.47 bits per heavy atom. The van der Waals surface area contributed by atoms with Gasteiger partial charge in [0, 0.05) is 11.5 Å². The van der Waals surface area contributed by atoms with Crippen molar-refractivity contribution in [1.29, 1.82) is 0 Å². The van der Waals surface area contributed by atoms with Crippen LogP contribution in [0.4, 0.5) is 0 Å². The van der Waals surface area contributed by atoms with Crippen molar-refractivity contribution in [2.45, 2.75) is 26.7 Å². The number of aliphatic carboxylic acids is 1. The number of nitrogens with one attached hydrogen (secondary N) is 1. The lowest BCUT2D eigenvalue weighted by atomic mass is 9.85. The van der Waals surface area contributed by atoms with Crippen LogP contribution >= 0.6 is 0 Å². The molecule has 0 fully saturated rings. The van der Waals surface area contributed by atoms with Gasteiger partial charge in [-0.1, -0.05) is 68.4 Å². The molecule has 160 valence electrons. The van der Waals surface area contributed by atoms with Crippen molar-refractivity contribution >= 4 is 34.1 Å². The number of fused-ring (bicyclic) bond motifs is 1. The SMILES string of the molecule is CCC(=C(c1ccc(C=CC(=O)O)cc1)c1ccc2[nH]ncc2c1)c1ccccc1CC. The topological polar surface area (TPSA) is 66.0 Å². The molecule has 0 aliphatic heterocycles. The summed E-state index contributed by atoms with van der Waals surface area (Å²) in [6.45, 7) is 4.38. The lowest BCUT2D eigenvalue weighted by molar-refractivity contribution is -0.131. The third-order valence-electron chi connectivity index (χ3n) is 5.73. The highest BCUT2D eigenvalue weighted by Gasteiger charge is 2.15. The quantitative estimate of drug-likeness (QED) is 0.261. The number of benzene rings is 3. The number of aromatic amines is 1. The van der Waals surface area contributed by atoms with Crippen LogP contribution in [0, 0.1) is 0 Å². The molecule has 0 saturated carbocycles. The van der Waals surface area contributed by atoms with Gasteiger partial charge < -0.3 is 5.11 Å². The first-order chi connectivity index (χ1) is 15.6. The number of aryl methyl sites for hydroxylation is 1. The molecule has 0 unspecified atom stereocenters. The van der Waals surface area contributed by atoms with Crippen LogP contribution in [0.3, 0.4) is 0 Å². The standard InChI is InChI=1S/C28H26N2O2/c1-3-20-7-5-6-8-25(20)24(4-2)28(22-14-15-26-23(17-22)18-29-30-26)21-12-9-19(10-13-21)11-16-27(31)32/h5-18H,3-4H2,1-2H3,(H,29,30)(H,31,32). The molecule has 0 aliphatic carbocycles. The molecular formula is C28H26N2O2. The monoisotopic (exact) mass is 422 g/mol. The Kier molecular flexibility index (Phi) is 6.31. The highest BCUT2D eigenvalue weighted by Crippen LogP contribution is 2.37. The van der Waals surface area contributed by atoms with Gasteiger partial charge in [-0.3, -0.25) is 5.10 Å². The molecule has 0 atom stereocenters. The van der Waals surface area contributed by atoms with E-state index in [0.29, 0.717) is 0 Å². The Morgan fingerprint density at radius 1 is 1.00 bits per heavy atom. The minimum Gasteiger partial charge on any atom is -0.478 e. The van der Waals surface area contributed by atoms with E-state index in [0.717, 1.165) is 46.5 Å². The molecule has 0 bridgehead atoms. The van der Waals surface area contributed by atoms with Crippen LogP contribution in [0.2, 0.25) is 0 Å². The van der Waals surface area contributed by atoms with E-state index in [1.54, 1.807) is 6.08 Å². The number of allylic oxidation sites excluding steroid dienone is 1. The first kappa shape index (κ1) is 21.3. The summed E-state index contributed by atoms with van der Waals surface area (Å²) >= 11 is 0. The van der Waals surface area contributed by atoms with Crippen LogP contribution < -0.4 is 0 Å². The normalized spacial score (nSPS) is 12.3. The van der Waals surface area contributed by atoms with E-state index in [-0.39, 0.29) is 0 Å². The maximum absolute atomic E-state index is 10.9. The summed E-state index contributed by atoms with van der Waals surface area (Å²) < 4.78 is 0. The van der Waals surface area contributed by atoms with E-state index < -0.39 is 5.97 Å². The third-order valence-corrected chi connectivity index (χ3v) is 5.73. The fourth-order valence-electron chi connectivity index (χ4n) is 4.17. The fraction of sp³-hybridized carbons (Fsp3) is 0.143. The largest absolute Gasteiger partial charge is 0.478 e. The van der Waals surface area contributed by atoms with Gasteiger partial charge in [-0.05, 0) is 70.0 Å². The van der Waals surface area contributed by atoms with Crippen LogP contribution in [0.25, 0.3) is 28.1 Å². The number of carboxylic acids is 1. The molecule has 0 spiro atoms. The second-order valence-electron chi connectivity index (χ2n) is 7.68. The predicted molar refractivity (Wildman–Crippen MR) is 131 cm³/mol. The van der Waals surface area contributed by atoms with E-state index in [2.05, 4.69) is 78.6 Å². The van der Waals surface area contributed by atoms with Crippen molar-refractivity contribution in [3.05, 3.63) is 107 Å². The lowest BCUT2D eigenvalue weighted by Crippen LogP contribution is -1.98. The van der Waals surface area contributed by atoms with Crippen molar-refractivity contribution in [1.82, 2.24) is 10.2 Å². The van der Waals surface area contributed by atoms with Crippen molar-refractivity contribution < 1.29 is 9.90 Å². The van der Waals surface area contributed by atoms with Gasteiger partial charge in [0.05, 0.1) is 11.7 Å². The number of H-pyrrole nitrogens is 1. The zero-order valence-electron chi connectivity index (χ0n) is 18.3. The molecule has 4 heteroatoms. The number of nitrogens with zero attached hydrogens (tertiary/aromatic N) is 1. The van der Waals surface area contributed by atoms with Gasteiger partial charge in [-0.25, -0.2) is 4.79 Å². The Hall–Kier alpha value is -3.92. The molecule has 0 aliphatic rings. The number of rotatable bonds is 7. The second kappa shape index (κ2) is 9.48. The first-order valence-corrected chi connectivity index (χ1v) is 10.9. The molecule has 4 aromatic rings. The summed E-state index contributed by atoms with van der Waals surface area (Å²) in [6, 6.07) is 23.0. The van der Waals surface area contributed by atoms with Crippen LogP contribution in [0.15, 0.2) is 79.0 Å². The summed E-state index contributed by atoms with van der Waals surface area (Å²) in [7, 11) is 0. The van der Waals surface area contributed by atoms with E-state index in [1.807, 2.05) is 18.3 Å². The molecule has 32 heavy (non-hydrogen) atoms. The highest BCUT2D eigenvalue weighted by molar-refractivity contribution is 6.01. The highest BCUT2D eigenvalue weighted by atomic mass is 16.4. The zero-order chi connectivity index (χ0) is 22.5. The number of aromatic nitrogens is 2. The second-order valence-corrected chi connectivity index (χ2v) is 7.68. The van der Waals surface area contributed by atoms with Gasteiger partial charge in [-0.2, -0.15) is 5.10 Å². The molecule has 4 nitrogen and oxygen atoms in total. The van der Waals surface area contributed by atoms with Crippen molar-refractivity contribution in [3.8, 4) is 0 Å². The summed E-state index contributed by atoms with van der Waals surface area (Å²) in [4.78, 5) is 10.9. The Bertz CT molecular complexity index is 1310. The predicted octanol–water partition coefficient (Wildman–Crippen LogP) is 6.59. The van der Waals surface area contributed by atoms with E-state index in [4.69, 9.17) is 5.11 Å². The number of carbonyl (C=O) groups is 1. The summed E-state index contributed by atoms with van der Waals surface area (Å²) in [5.74, 6) is -0.951. The van der Waals surface area contributed by atoms with Gasteiger partial charge in [0.1, 0.15) is 0 Å². The van der Waals surface area contributed by atoms with Gasteiger partial charge in [-0.15, -0.1) is 0 Å². The summed E-state index contributed by atoms with van der Waals surface area (Å²) in [5, 5.41) is 17.2. The minimum atomic E-state index is -0.951. The van der Waals surface area contributed by atoms with E-state index >= 15 is 0 Å². The lowest BCUT2D eigenvalue weighted by Gasteiger charge is -2.19. The Balaban J connectivity index is 1.94. The van der Waals surface area contributed by atoms with Gasteiger partial charge in [0.25, 0.3) is 0 Å². The molecular weight excluding hydrogens is 396 g/mol. The number of hydrogen-bond donors (Lipinski definition) is 2. The van der Waals surface area contributed by atoms with Crippen molar-refractivity contribution in [2.24, 2.45) is 0 Å². The maximum atomic E-state index is 10.9. The maximum Gasteiger partial charge on any atom is 0.328 e. The molecule has 2 N–H and O–H groups in total. The number of carboxylic acid groups (broad SMARTS) is 1. The summed E-state index contributed by atoms with van der Waals surface area (Å²) in [5.41, 5.74) is 9.17. The molecule has 0 radical (unpaired) electrons. The molecule has 0 saturated heterocycles. The van der Waals surface area contributed by atoms with Gasteiger partial charge in [0.15, 0.2) is 0 Å². The third kappa shape index (κ3) is 4.40. The molecule has 1 aromatic heterocycles. The van der Waals surface area contributed by atoms with Crippen LogP contribution in [-0.2, 0) is 11.2 Å². The average Bonchev–Trinajstić information content (AvgIpc) is 3.29. The molecule has 3 aromatic carbocycles. The average molecular weight is 423 g/mol. The molecule has 1 heterocycles. The van der Waals surface area contributed by atoms with Crippen LogP contribution in [0.1, 0.15) is 48.1 Å². The molecule has 4 rings (SSSR count). The first-order valence-electron chi connectivity index (χ1n) is 10.9.